The zero-order valence-electron chi connectivity index (χ0n) is 19.7. The van der Waals surface area contributed by atoms with Gasteiger partial charge in [0.2, 0.25) is 0 Å². The molecule has 0 unspecified atom stereocenters. The quantitative estimate of drug-likeness (QED) is 0.362. The average Bonchev–Trinajstić information content (AvgIpc) is 2.83. The second-order valence-electron chi connectivity index (χ2n) is 8.14. The normalized spacial score (nSPS) is 11.6. The van der Waals surface area contributed by atoms with Crippen LogP contribution in [0.3, 0.4) is 0 Å². The topological polar surface area (TPSA) is 88.1 Å². The highest BCUT2D eigenvalue weighted by Crippen LogP contribution is 2.26. The Morgan fingerprint density at radius 3 is 2.18 bits per heavy atom. The van der Waals surface area contributed by atoms with Gasteiger partial charge in [0, 0.05) is 0 Å². The van der Waals surface area contributed by atoms with E-state index < -0.39 is 22.5 Å². The molecular formula is C26H29N3O4S. The summed E-state index contributed by atoms with van der Waals surface area (Å²) in [5.74, 6) is 0.431. The van der Waals surface area contributed by atoms with Gasteiger partial charge >= 0.3 is 0 Å². The van der Waals surface area contributed by atoms with Crippen molar-refractivity contribution in [1.29, 1.82) is 0 Å². The lowest BCUT2D eigenvalue weighted by Crippen LogP contribution is -2.39. The van der Waals surface area contributed by atoms with E-state index in [4.69, 9.17) is 4.74 Å². The minimum absolute atomic E-state index is 0.0930. The Bertz CT molecular complexity index is 1230. The molecule has 0 aliphatic heterocycles. The van der Waals surface area contributed by atoms with E-state index in [1.165, 1.54) is 31.0 Å². The summed E-state index contributed by atoms with van der Waals surface area (Å²) in [7, 11) is -2.47. The Morgan fingerprint density at radius 2 is 1.62 bits per heavy atom. The number of nitrogens with one attached hydrogen (secondary N) is 1. The first-order valence-corrected chi connectivity index (χ1v) is 12.3. The monoisotopic (exact) mass is 479 g/mol. The molecule has 3 aromatic carbocycles. The number of hydrogen-bond donors (Lipinski definition) is 1. The third kappa shape index (κ3) is 6.23. The highest BCUT2D eigenvalue weighted by molar-refractivity contribution is 7.92. The van der Waals surface area contributed by atoms with Gasteiger partial charge in [-0.15, -0.1) is 0 Å². The lowest BCUT2D eigenvalue weighted by atomic mass is 10.0. The molecule has 0 aromatic heterocycles. The number of amides is 1. The van der Waals surface area contributed by atoms with Crippen molar-refractivity contribution in [3.63, 3.8) is 0 Å². The molecule has 3 aromatic rings. The number of hydrogen-bond acceptors (Lipinski definition) is 5. The molecule has 0 heterocycles. The summed E-state index contributed by atoms with van der Waals surface area (Å²) < 4.78 is 33.0. The lowest BCUT2D eigenvalue weighted by molar-refractivity contribution is -0.119. The summed E-state index contributed by atoms with van der Waals surface area (Å²) in [5, 5.41) is 3.99. The van der Waals surface area contributed by atoms with Crippen LogP contribution in [0.2, 0.25) is 0 Å². The van der Waals surface area contributed by atoms with Crippen molar-refractivity contribution in [2.24, 2.45) is 5.10 Å². The van der Waals surface area contributed by atoms with Crippen molar-refractivity contribution in [3.8, 4) is 5.75 Å². The zero-order valence-corrected chi connectivity index (χ0v) is 20.5. The summed E-state index contributed by atoms with van der Waals surface area (Å²) >= 11 is 0. The predicted octanol–water partition coefficient (Wildman–Crippen LogP) is 4.47. The smallest absolute Gasteiger partial charge is 0.264 e. The number of anilines is 1. The number of nitrogens with zero attached hydrogens (tertiary/aromatic N) is 2. The van der Waals surface area contributed by atoms with Crippen molar-refractivity contribution in [2.45, 2.75) is 31.6 Å². The summed E-state index contributed by atoms with van der Waals surface area (Å²) in [6, 6.07) is 20.8. The second kappa shape index (κ2) is 11.0. The highest BCUT2D eigenvalue weighted by atomic mass is 32.2. The van der Waals surface area contributed by atoms with E-state index in [1.54, 1.807) is 36.4 Å². The van der Waals surface area contributed by atoms with E-state index in [2.05, 4.69) is 24.4 Å². The molecular weight excluding hydrogens is 450 g/mol. The SMILES string of the molecule is COc1ccc(N(CC(=O)N/N=C\c2ccc(C(C)C)cc2)S(=O)(=O)c2ccc(C)cc2)cc1. The van der Waals surface area contributed by atoms with Crippen LogP contribution in [0.25, 0.3) is 0 Å². The number of aryl methyl sites for hydroxylation is 1. The van der Waals surface area contributed by atoms with Gasteiger partial charge in [0.1, 0.15) is 12.3 Å². The number of rotatable bonds is 9. The van der Waals surface area contributed by atoms with Gasteiger partial charge in [-0.2, -0.15) is 5.10 Å². The maximum atomic E-state index is 13.4. The molecule has 0 aliphatic rings. The molecule has 0 saturated heterocycles. The third-order valence-corrected chi connectivity index (χ3v) is 7.05. The number of carbonyl (C=O) groups excluding carboxylic acids is 1. The van der Waals surface area contributed by atoms with Crippen molar-refractivity contribution in [1.82, 2.24) is 5.43 Å². The molecule has 0 atom stereocenters. The number of carbonyl (C=O) groups is 1. The third-order valence-electron chi connectivity index (χ3n) is 5.26. The van der Waals surface area contributed by atoms with Crippen LogP contribution in [0.5, 0.6) is 5.75 Å². The Hall–Kier alpha value is -3.65. The van der Waals surface area contributed by atoms with Crippen LogP contribution in [0.4, 0.5) is 5.69 Å². The molecule has 178 valence electrons. The van der Waals surface area contributed by atoms with Gasteiger partial charge in [-0.05, 0) is 60.4 Å². The van der Waals surface area contributed by atoms with E-state index in [9.17, 15) is 13.2 Å². The number of hydrazone groups is 1. The Balaban J connectivity index is 1.80. The summed E-state index contributed by atoms with van der Waals surface area (Å²) in [5.41, 5.74) is 5.72. The van der Waals surface area contributed by atoms with Crippen LogP contribution >= 0.6 is 0 Å². The van der Waals surface area contributed by atoms with E-state index in [0.29, 0.717) is 17.4 Å². The van der Waals surface area contributed by atoms with Gasteiger partial charge in [0.15, 0.2) is 0 Å². The maximum Gasteiger partial charge on any atom is 0.264 e. The van der Waals surface area contributed by atoms with E-state index in [-0.39, 0.29) is 4.90 Å². The van der Waals surface area contributed by atoms with Crippen LogP contribution in [0.15, 0.2) is 82.8 Å². The maximum absolute atomic E-state index is 13.4. The molecule has 0 saturated carbocycles. The average molecular weight is 480 g/mol. The van der Waals surface area contributed by atoms with Crippen LogP contribution in [-0.4, -0.2) is 34.2 Å². The number of sulfonamides is 1. The van der Waals surface area contributed by atoms with Crippen LogP contribution in [-0.2, 0) is 14.8 Å². The molecule has 1 amide bonds. The number of methoxy groups -OCH3 is 1. The van der Waals surface area contributed by atoms with Crippen LogP contribution in [0.1, 0.15) is 36.5 Å². The van der Waals surface area contributed by atoms with Crippen molar-refractivity contribution in [3.05, 3.63) is 89.5 Å². The molecule has 0 radical (unpaired) electrons. The first-order valence-electron chi connectivity index (χ1n) is 10.9. The standard InChI is InChI=1S/C26H29N3O4S/c1-19(2)22-9-7-21(8-10-22)17-27-28-26(30)18-29(23-11-13-24(33-4)14-12-23)34(31,32)25-15-5-20(3)6-16-25/h5-17,19H,18H2,1-4H3,(H,28,30)/b27-17-. The van der Waals surface area contributed by atoms with Crippen molar-refractivity contribution >= 4 is 27.8 Å². The molecule has 7 nitrogen and oxygen atoms in total. The Kier molecular flexibility index (Phi) is 8.07. The molecule has 1 N–H and O–H groups in total. The fourth-order valence-electron chi connectivity index (χ4n) is 3.21. The van der Waals surface area contributed by atoms with E-state index in [0.717, 1.165) is 15.4 Å². The predicted molar refractivity (Wildman–Crippen MR) is 135 cm³/mol. The number of benzene rings is 3. The largest absolute Gasteiger partial charge is 0.497 e. The fourth-order valence-corrected chi connectivity index (χ4v) is 4.63. The van der Waals surface area contributed by atoms with E-state index >= 15 is 0 Å². The lowest BCUT2D eigenvalue weighted by Gasteiger charge is -2.24. The second-order valence-corrected chi connectivity index (χ2v) is 10.00. The Labute approximate surface area is 201 Å². The Morgan fingerprint density at radius 1 is 1.00 bits per heavy atom. The fraction of sp³-hybridized carbons (Fsp3) is 0.231. The van der Waals surface area contributed by atoms with Gasteiger partial charge < -0.3 is 4.74 Å². The zero-order chi connectivity index (χ0) is 24.7. The van der Waals surface area contributed by atoms with Crippen LogP contribution < -0.4 is 14.5 Å². The summed E-state index contributed by atoms with van der Waals surface area (Å²) in [6.07, 6.45) is 1.52. The van der Waals surface area contributed by atoms with Gasteiger partial charge in [0.05, 0.1) is 23.9 Å². The molecule has 34 heavy (non-hydrogen) atoms. The van der Waals surface area contributed by atoms with Crippen molar-refractivity contribution < 1.29 is 17.9 Å². The van der Waals surface area contributed by atoms with Gasteiger partial charge in [-0.1, -0.05) is 55.8 Å². The minimum Gasteiger partial charge on any atom is -0.497 e. The van der Waals surface area contributed by atoms with E-state index in [1.807, 2.05) is 31.2 Å². The minimum atomic E-state index is -4.00. The highest BCUT2D eigenvalue weighted by Gasteiger charge is 2.27. The first kappa shape index (κ1) is 25.0. The van der Waals surface area contributed by atoms with Gasteiger partial charge in [-0.25, -0.2) is 13.8 Å². The van der Waals surface area contributed by atoms with Gasteiger partial charge in [0.25, 0.3) is 15.9 Å². The summed E-state index contributed by atoms with van der Waals surface area (Å²) in [4.78, 5) is 12.8. The molecule has 0 spiro atoms. The van der Waals surface area contributed by atoms with Gasteiger partial charge in [-0.3, -0.25) is 9.10 Å². The molecule has 0 fully saturated rings. The molecule has 0 aliphatic carbocycles. The molecule has 0 bridgehead atoms. The summed E-state index contributed by atoms with van der Waals surface area (Å²) in [6.45, 7) is 5.66. The number of ether oxygens (including phenoxy) is 1. The van der Waals surface area contributed by atoms with Crippen molar-refractivity contribution in [2.75, 3.05) is 18.0 Å². The molecule has 8 heteroatoms. The molecule has 3 rings (SSSR count). The van der Waals surface area contributed by atoms with Crippen LogP contribution in [0, 0.1) is 6.92 Å². The first-order chi connectivity index (χ1) is 16.2.